The Morgan fingerprint density at radius 2 is 0.958 bits per heavy atom. The lowest BCUT2D eigenvalue weighted by atomic mass is 9.99. The molecule has 12 heteroatoms. The normalized spacial score (nSPS) is 15.1. The van der Waals surface area contributed by atoms with Gasteiger partial charge in [0.2, 0.25) is 0 Å². The van der Waals surface area contributed by atoms with Crippen LogP contribution in [0.4, 0.5) is 23.0 Å². The molecule has 0 fully saturated rings. The van der Waals surface area contributed by atoms with Crippen molar-refractivity contribution in [1.29, 1.82) is 0 Å². The SMILES string of the molecule is CC(C)=CCCC(C)CCCn1c(=O)c2c(n(C)c1=O)N(N1CN(C)c3c1n(C)c(=O)n(CCCC(C)CCC=C(C)C)c3=O)CN2C. The highest BCUT2D eigenvalue weighted by Crippen LogP contribution is 2.38. The van der Waals surface area contributed by atoms with E-state index < -0.39 is 0 Å². The van der Waals surface area contributed by atoms with Crippen LogP contribution in [0.2, 0.25) is 0 Å². The number of aromatic nitrogens is 4. The highest BCUT2D eigenvalue weighted by atomic mass is 16.2. The molecule has 2 unspecified atom stereocenters. The average Bonchev–Trinajstić information content (AvgIpc) is 3.54. The van der Waals surface area contributed by atoms with Crippen LogP contribution in [0, 0.1) is 11.8 Å². The highest BCUT2D eigenvalue weighted by molar-refractivity contribution is 5.80. The van der Waals surface area contributed by atoms with Gasteiger partial charge in [0.15, 0.2) is 11.6 Å². The Morgan fingerprint density at radius 3 is 1.29 bits per heavy atom. The van der Waals surface area contributed by atoms with Gasteiger partial charge in [0.05, 0.1) is 0 Å². The zero-order valence-electron chi connectivity index (χ0n) is 31.0. The van der Waals surface area contributed by atoms with Gasteiger partial charge in [-0.1, -0.05) is 37.1 Å². The van der Waals surface area contributed by atoms with E-state index in [1.54, 1.807) is 14.1 Å². The van der Waals surface area contributed by atoms with Crippen LogP contribution in [0.15, 0.2) is 42.5 Å². The van der Waals surface area contributed by atoms with E-state index in [0.717, 1.165) is 51.4 Å². The third-order valence-electron chi connectivity index (χ3n) is 9.81. The fourth-order valence-electron chi connectivity index (χ4n) is 6.99. The van der Waals surface area contributed by atoms with Gasteiger partial charge in [-0.25, -0.2) is 19.6 Å². The molecule has 0 radical (unpaired) electrons. The number of rotatable bonds is 15. The fraction of sp³-hybridized carbons (Fsp3) is 0.667. The molecule has 2 atom stereocenters. The quantitative estimate of drug-likeness (QED) is 0.251. The lowest BCUT2D eigenvalue weighted by Crippen LogP contribution is -2.49. The Bertz CT molecular complexity index is 1640. The number of allylic oxidation sites excluding steroid dienone is 4. The molecule has 2 aliphatic rings. The summed E-state index contributed by atoms with van der Waals surface area (Å²) < 4.78 is 5.74. The van der Waals surface area contributed by atoms with Gasteiger partial charge < -0.3 is 9.80 Å². The van der Waals surface area contributed by atoms with Crippen LogP contribution in [0.1, 0.15) is 92.9 Å². The van der Waals surface area contributed by atoms with Crippen LogP contribution in [0.25, 0.3) is 0 Å². The van der Waals surface area contributed by atoms with Crippen molar-refractivity contribution in [3.63, 3.8) is 0 Å². The molecule has 2 aromatic heterocycles. The van der Waals surface area contributed by atoms with Crippen molar-refractivity contribution in [3.8, 4) is 0 Å². The second-order valence-electron chi connectivity index (χ2n) is 14.6. The van der Waals surface area contributed by atoms with E-state index in [9.17, 15) is 19.2 Å². The van der Waals surface area contributed by atoms with E-state index in [1.807, 2.05) is 33.9 Å². The molecule has 0 aromatic carbocycles. The average molecular weight is 667 g/mol. The van der Waals surface area contributed by atoms with E-state index in [-0.39, 0.29) is 22.5 Å². The van der Waals surface area contributed by atoms with Gasteiger partial charge >= 0.3 is 11.4 Å². The van der Waals surface area contributed by atoms with Gasteiger partial charge in [-0.3, -0.25) is 27.9 Å². The first-order valence-electron chi connectivity index (χ1n) is 17.6. The maximum Gasteiger partial charge on any atom is 0.332 e. The van der Waals surface area contributed by atoms with Gasteiger partial charge in [-0.05, 0) is 90.9 Å². The molecule has 12 nitrogen and oxygen atoms in total. The van der Waals surface area contributed by atoms with Crippen molar-refractivity contribution in [2.24, 2.45) is 25.9 Å². The van der Waals surface area contributed by atoms with Crippen LogP contribution in [-0.2, 0) is 27.2 Å². The van der Waals surface area contributed by atoms with Crippen molar-refractivity contribution in [3.05, 3.63) is 65.0 Å². The summed E-state index contributed by atoms with van der Waals surface area (Å²) in [5, 5.41) is 3.68. The summed E-state index contributed by atoms with van der Waals surface area (Å²) in [4.78, 5) is 58.6. The summed E-state index contributed by atoms with van der Waals surface area (Å²) in [6.07, 6.45) is 12.1. The minimum absolute atomic E-state index is 0.290. The monoisotopic (exact) mass is 666 g/mol. The Labute approximate surface area is 285 Å². The van der Waals surface area contributed by atoms with Crippen molar-refractivity contribution in [2.75, 3.05) is 47.3 Å². The maximum absolute atomic E-state index is 13.8. The summed E-state index contributed by atoms with van der Waals surface area (Å²) >= 11 is 0. The molecule has 48 heavy (non-hydrogen) atoms. The Kier molecular flexibility index (Phi) is 11.9. The van der Waals surface area contributed by atoms with Gasteiger partial charge in [-0.15, -0.1) is 0 Å². The number of hydrogen-bond acceptors (Lipinski definition) is 8. The summed E-state index contributed by atoms with van der Waals surface area (Å²) in [7, 11) is 7.03. The molecule has 2 aliphatic heterocycles. The largest absolute Gasteiger partial charge is 0.348 e. The molecule has 266 valence electrons. The van der Waals surface area contributed by atoms with Crippen molar-refractivity contribution < 1.29 is 0 Å². The molecule has 0 aliphatic carbocycles. The van der Waals surface area contributed by atoms with Gasteiger partial charge in [0, 0.05) is 41.3 Å². The second-order valence-corrected chi connectivity index (χ2v) is 14.6. The summed E-state index contributed by atoms with van der Waals surface area (Å²) in [6, 6.07) is 0. The fourth-order valence-corrected chi connectivity index (χ4v) is 6.99. The zero-order chi connectivity index (χ0) is 35.4. The van der Waals surface area contributed by atoms with Gasteiger partial charge in [0.1, 0.15) is 24.7 Å². The minimum Gasteiger partial charge on any atom is -0.348 e. The Balaban J connectivity index is 1.57. The van der Waals surface area contributed by atoms with Crippen LogP contribution in [0.3, 0.4) is 0 Å². The van der Waals surface area contributed by atoms with Crippen LogP contribution in [-0.4, -0.2) is 45.7 Å². The molecule has 2 aromatic rings. The van der Waals surface area contributed by atoms with Crippen molar-refractivity contribution in [2.45, 2.75) is 106 Å². The number of hydrogen-bond donors (Lipinski definition) is 0. The summed E-state index contributed by atoms with van der Waals surface area (Å²) in [5.74, 6) is 1.91. The standard InChI is InChI=1S/C36H58N8O4/c1-25(2)15-11-17-27(5)19-13-21-41-33(45)29-31(39(9)35(41)47)43(23-37(29)7)44-24-38(8)30-32(44)40(10)36(48)42(34(30)46)22-14-20-28(6)18-12-16-26(3)4/h15-16,27-28H,11-14,17-24H2,1-10H3. The van der Waals surface area contributed by atoms with Gasteiger partial charge in [-0.2, -0.15) is 0 Å². The first kappa shape index (κ1) is 36.9. The smallest absolute Gasteiger partial charge is 0.332 e. The van der Waals surface area contributed by atoms with Gasteiger partial charge in [0.25, 0.3) is 11.1 Å². The lowest BCUT2D eigenvalue weighted by molar-refractivity contribution is 0.443. The summed E-state index contributed by atoms with van der Waals surface area (Å²) in [6.45, 7) is 14.2. The van der Waals surface area contributed by atoms with Crippen LogP contribution < -0.4 is 42.3 Å². The molecule has 0 saturated heterocycles. The third kappa shape index (κ3) is 7.68. The van der Waals surface area contributed by atoms with E-state index >= 15 is 0 Å². The topological polar surface area (TPSA) is 101 Å². The number of hydrazine groups is 1. The first-order valence-corrected chi connectivity index (χ1v) is 17.6. The lowest BCUT2D eigenvalue weighted by Gasteiger charge is -2.32. The zero-order valence-corrected chi connectivity index (χ0v) is 31.0. The molecule has 4 rings (SSSR count). The van der Waals surface area contributed by atoms with E-state index in [2.05, 4.69) is 53.7 Å². The predicted octanol–water partition coefficient (Wildman–Crippen LogP) is 4.78. The number of nitrogens with zero attached hydrogens (tertiary/aromatic N) is 8. The van der Waals surface area contributed by atoms with E-state index in [4.69, 9.17) is 0 Å². The molecule has 4 heterocycles. The van der Waals surface area contributed by atoms with E-state index in [1.165, 1.54) is 29.4 Å². The first-order chi connectivity index (χ1) is 22.6. The number of anilines is 4. The molecule has 0 saturated carbocycles. The molecular weight excluding hydrogens is 608 g/mol. The maximum atomic E-state index is 13.8. The Hall–Kier alpha value is -3.96. The molecule has 0 bridgehead atoms. The number of fused-ring (bicyclic) bond motifs is 2. The predicted molar refractivity (Wildman–Crippen MR) is 198 cm³/mol. The Morgan fingerprint density at radius 1 is 0.604 bits per heavy atom. The van der Waals surface area contributed by atoms with Crippen molar-refractivity contribution in [1.82, 2.24) is 18.3 Å². The molecular formula is C36H58N8O4. The van der Waals surface area contributed by atoms with E-state index in [0.29, 0.717) is 61.3 Å². The third-order valence-corrected chi connectivity index (χ3v) is 9.81. The second kappa shape index (κ2) is 15.5. The molecule has 0 spiro atoms. The van der Waals surface area contributed by atoms with Crippen LogP contribution in [0.5, 0.6) is 0 Å². The minimum atomic E-state index is -0.372. The molecule has 0 amide bonds. The molecule has 0 N–H and O–H groups in total. The van der Waals surface area contributed by atoms with Crippen LogP contribution >= 0.6 is 0 Å². The summed E-state index contributed by atoms with van der Waals surface area (Å²) in [5.41, 5.74) is 2.12. The highest BCUT2D eigenvalue weighted by Gasteiger charge is 2.41. The van der Waals surface area contributed by atoms with Crippen molar-refractivity contribution >= 4 is 23.0 Å².